The molecule has 2 atom stereocenters. The summed E-state index contributed by atoms with van der Waals surface area (Å²) in [5.74, 6) is -2.50. The average Bonchev–Trinajstić information content (AvgIpc) is 3.08. The Morgan fingerprint density at radius 2 is 1.57 bits per heavy atom. The number of aliphatic hydroxyl groups is 3. The molecule has 11 heteroatoms. The van der Waals surface area contributed by atoms with Gasteiger partial charge in [-0.05, 0) is 67.9 Å². The first-order chi connectivity index (χ1) is 23.4. The fraction of sp³-hybridized carbons (Fsp3) is 0.605. The number of halogens is 3. The molecular weight excluding hydrogens is 633 g/mol. The number of rotatable bonds is 10. The first kappa shape index (κ1) is 35.5. The first-order valence-electron chi connectivity index (χ1n) is 17.6. The smallest absolute Gasteiger partial charge is 0.248 e. The number of piperidine rings is 1. The highest BCUT2D eigenvalue weighted by Gasteiger charge is 2.43. The molecule has 3 aliphatic rings. The van der Waals surface area contributed by atoms with Crippen molar-refractivity contribution >= 4 is 5.95 Å². The number of hydrogen-bond acceptors (Lipinski definition) is 8. The van der Waals surface area contributed by atoms with Gasteiger partial charge in [0.15, 0.2) is 11.9 Å². The summed E-state index contributed by atoms with van der Waals surface area (Å²) in [4.78, 5) is 16.3. The number of fused-ring (bicyclic) bond motifs is 1. The number of ether oxygens (including phenoxy) is 1. The summed E-state index contributed by atoms with van der Waals surface area (Å²) in [6.45, 7) is 7.16. The predicted octanol–water partition coefficient (Wildman–Crippen LogP) is 6.90. The van der Waals surface area contributed by atoms with E-state index in [0.29, 0.717) is 72.9 Å². The van der Waals surface area contributed by atoms with Crippen molar-refractivity contribution in [3.05, 3.63) is 75.9 Å². The van der Waals surface area contributed by atoms with Crippen LogP contribution in [0.3, 0.4) is 0 Å². The van der Waals surface area contributed by atoms with Crippen molar-refractivity contribution in [1.82, 2.24) is 15.0 Å². The van der Waals surface area contributed by atoms with E-state index in [1.54, 1.807) is 24.5 Å². The van der Waals surface area contributed by atoms with Crippen LogP contribution in [0.5, 0.6) is 5.75 Å². The Kier molecular flexibility index (Phi) is 10.5. The van der Waals surface area contributed by atoms with Crippen LogP contribution >= 0.6 is 0 Å². The van der Waals surface area contributed by atoms with E-state index in [2.05, 4.69) is 28.7 Å². The Bertz CT molecular complexity index is 1570. The summed E-state index contributed by atoms with van der Waals surface area (Å²) < 4.78 is 51.8. The topological polar surface area (TPSA) is 112 Å². The van der Waals surface area contributed by atoms with Gasteiger partial charge in [0, 0.05) is 54.6 Å². The van der Waals surface area contributed by atoms with E-state index in [1.807, 2.05) is 19.1 Å². The minimum atomic E-state index is -2.74. The summed E-state index contributed by atoms with van der Waals surface area (Å²) in [5.41, 5.74) is 4.62. The zero-order valence-electron chi connectivity index (χ0n) is 28.7. The molecule has 266 valence electrons. The molecule has 1 saturated carbocycles. The van der Waals surface area contributed by atoms with Gasteiger partial charge in [-0.1, -0.05) is 43.7 Å². The number of alkyl halides is 3. The maximum atomic E-state index is 17.2. The largest absolute Gasteiger partial charge is 0.490 e. The maximum absolute atomic E-state index is 17.2. The molecule has 2 aliphatic carbocycles. The van der Waals surface area contributed by atoms with Gasteiger partial charge in [0.05, 0.1) is 44.0 Å². The predicted molar refractivity (Wildman–Crippen MR) is 181 cm³/mol. The quantitative estimate of drug-likeness (QED) is 0.212. The van der Waals surface area contributed by atoms with Crippen molar-refractivity contribution in [2.24, 2.45) is 11.3 Å². The molecule has 0 amide bonds. The van der Waals surface area contributed by atoms with E-state index in [1.165, 1.54) is 0 Å². The molecule has 0 unspecified atom stereocenters. The number of aliphatic hydroxyl groups excluding tert-OH is 3. The second-order valence-electron chi connectivity index (χ2n) is 15.2. The highest BCUT2D eigenvalue weighted by atomic mass is 19.3. The molecule has 1 saturated heterocycles. The Hall–Kier alpha value is -3.28. The molecule has 0 spiro atoms. The molecule has 3 N–H and O–H groups in total. The number of pyridine rings is 1. The molecule has 0 bridgehead atoms. The van der Waals surface area contributed by atoms with Crippen LogP contribution < -0.4 is 9.64 Å². The molecule has 0 radical (unpaired) electrons. The Morgan fingerprint density at radius 3 is 2.18 bits per heavy atom. The number of nitrogens with zero attached hydrogens (tertiary/aromatic N) is 4. The molecule has 3 heterocycles. The maximum Gasteiger partial charge on any atom is 0.248 e. The minimum absolute atomic E-state index is 0.0808. The summed E-state index contributed by atoms with van der Waals surface area (Å²) in [6.07, 6.45) is 3.24. The number of hydrogen-bond donors (Lipinski definition) is 3. The summed E-state index contributed by atoms with van der Waals surface area (Å²) in [6, 6.07) is 7.36. The van der Waals surface area contributed by atoms with E-state index >= 15 is 4.39 Å². The van der Waals surface area contributed by atoms with Crippen molar-refractivity contribution in [2.75, 3.05) is 37.8 Å². The van der Waals surface area contributed by atoms with E-state index < -0.39 is 18.2 Å². The normalized spacial score (nSPS) is 21.8. The Morgan fingerprint density at radius 1 is 0.939 bits per heavy atom. The second kappa shape index (κ2) is 14.5. The van der Waals surface area contributed by atoms with E-state index in [-0.39, 0.29) is 68.7 Å². The molecule has 6 rings (SSSR count). The lowest BCUT2D eigenvalue weighted by Gasteiger charge is -2.41. The summed E-state index contributed by atoms with van der Waals surface area (Å²) >= 11 is 0. The standard InChI is InChI=1S/C38H49F3N4O4/c1-23-4-6-26(7-5-23)34(39)33-31(25-8-12-38(40,41)13-9-25)32-29(16-37(2,3)17-30(32)48)44-35(33)27-10-14-45(15-11-27)36-42-18-28(19-43-36)49-22-24(20-46)21-47/h4-7,18-19,24-25,27,30,34,46-48H,8-17,20-22H2,1-3H3/t30-,34-/m0/s1. The van der Waals surface area contributed by atoms with Crippen LogP contribution in [0, 0.1) is 18.3 Å². The zero-order valence-corrected chi connectivity index (χ0v) is 28.7. The van der Waals surface area contributed by atoms with E-state index in [4.69, 9.17) is 9.72 Å². The van der Waals surface area contributed by atoms with Gasteiger partial charge in [0.25, 0.3) is 0 Å². The van der Waals surface area contributed by atoms with E-state index in [0.717, 1.165) is 16.8 Å². The van der Waals surface area contributed by atoms with Gasteiger partial charge in [-0.15, -0.1) is 0 Å². The molecule has 1 aliphatic heterocycles. The fourth-order valence-electron chi connectivity index (χ4n) is 7.89. The van der Waals surface area contributed by atoms with Crippen molar-refractivity contribution in [2.45, 2.75) is 102 Å². The molecule has 3 aromatic rings. The highest BCUT2D eigenvalue weighted by molar-refractivity contribution is 5.51. The highest BCUT2D eigenvalue weighted by Crippen LogP contribution is 2.52. The molecule has 8 nitrogen and oxygen atoms in total. The molecule has 49 heavy (non-hydrogen) atoms. The Balaban J connectivity index is 1.35. The lowest BCUT2D eigenvalue weighted by Crippen LogP contribution is -2.36. The third-order valence-corrected chi connectivity index (χ3v) is 10.7. The van der Waals surface area contributed by atoms with Crippen LogP contribution in [-0.4, -0.2) is 69.1 Å². The van der Waals surface area contributed by atoms with Gasteiger partial charge in [-0.3, -0.25) is 4.98 Å². The van der Waals surface area contributed by atoms with Crippen LogP contribution in [0.1, 0.15) is 122 Å². The van der Waals surface area contributed by atoms with Crippen LogP contribution in [0.15, 0.2) is 36.7 Å². The average molecular weight is 683 g/mol. The Labute approximate surface area is 286 Å². The number of aryl methyl sites for hydroxylation is 1. The van der Waals surface area contributed by atoms with Gasteiger partial charge in [-0.2, -0.15) is 0 Å². The summed E-state index contributed by atoms with van der Waals surface area (Å²) in [7, 11) is 0. The lowest BCUT2D eigenvalue weighted by molar-refractivity contribution is -0.0385. The third kappa shape index (κ3) is 7.89. The minimum Gasteiger partial charge on any atom is -0.490 e. The first-order valence-corrected chi connectivity index (χ1v) is 17.6. The SMILES string of the molecule is Cc1ccc([C@H](F)c2c(C3CCN(c4ncc(OCC(CO)CO)cn4)CC3)nc3c(c2C2CCC(F)(F)CC2)[C@@H](O)CC(C)(C)C3)cc1. The molecule has 2 fully saturated rings. The fourth-order valence-corrected chi connectivity index (χ4v) is 7.89. The molecular formula is C38H49F3N4O4. The van der Waals surface area contributed by atoms with Gasteiger partial charge >= 0.3 is 0 Å². The van der Waals surface area contributed by atoms with Crippen LogP contribution in [0.4, 0.5) is 19.1 Å². The van der Waals surface area contributed by atoms with Crippen molar-refractivity contribution in [3.8, 4) is 5.75 Å². The van der Waals surface area contributed by atoms with Crippen molar-refractivity contribution in [3.63, 3.8) is 0 Å². The number of anilines is 1. The van der Waals surface area contributed by atoms with Gasteiger partial charge < -0.3 is 25.0 Å². The monoisotopic (exact) mass is 682 g/mol. The van der Waals surface area contributed by atoms with Gasteiger partial charge in [0.1, 0.15) is 0 Å². The van der Waals surface area contributed by atoms with Gasteiger partial charge in [0.2, 0.25) is 11.9 Å². The summed E-state index contributed by atoms with van der Waals surface area (Å²) in [5, 5.41) is 30.2. The number of aromatic nitrogens is 3. The van der Waals surface area contributed by atoms with Crippen LogP contribution in [0.25, 0.3) is 0 Å². The van der Waals surface area contributed by atoms with Crippen molar-refractivity contribution < 1.29 is 33.2 Å². The molecule has 1 aromatic carbocycles. The van der Waals surface area contributed by atoms with Crippen molar-refractivity contribution in [1.29, 1.82) is 0 Å². The third-order valence-electron chi connectivity index (χ3n) is 10.7. The van der Waals surface area contributed by atoms with Gasteiger partial charge in [-0.25, -0.2) is 23.1 Å². The van der Waals surface area contributed by atoms with Crippen LogP contribution in [0.2, 0.25) is 0 Å². The number of benzene rings is 1. The lowest BCUT2D eigenvalue weighted by atomic mass is 9.68. The second-order valence-corrected chi connectivity index (χ2v) is 15.2. The molecule has 2 aromatic heterocycles. The van der Waals surface area contributed by atoms with E-state index in [9.17, 15) is 24.1 Å². The van der Waals surface area contributed by atoms with Crippen LogP contribution in [-0.2, 0) is 6.42 Å². The zero-order chi connectivity index (χ0) is 34.9.